The maximum atomic E-state index is 13.3. The standard InChI is InChI=1S/C72H125NO13/c1-3-5-7-9-11-13-15-17-19-20-21-22-23-24-25-26-27-28-29-30-31-32-33-34-35-36-37-38-39-40-42-44-46-48-50-52-54-56-64(77)73-60(61(76)55-53-51-49-47-45-43-41-18-16-14-12-10-8-6-4-2)59-83-71-69(82)67(80)70(63(58-75)85-71)86-72-68(81)66(79)65(78)62(57-74)84-72/h5,7,11,13,17,19,21-22,24-25,27-28,45,47,53,55,60-63,65-72,74-76,78-82H,3-4,6,8-10,12,14-16,18,20,23,26,29-44,46,48-52,54,56-59H2,1-2H3,(H,73,77)/b7-5-,13-11-,19-17-,22-21-,25-24-,28-27-,47-45+,55-53+. The Morgan fingerprint density at radius 3 is 1.28 bits per heavy atom. The zero-order valence-electron chi connectivity index (χ0n) is 53.8. The van der Waals surface area contributed by atoms with Gasteiger partial charge in [0.05, 0.1) is 32.0 Å². The second-order valence-electron chi connectivity index (χ2n) is 23.9. The van der Waals surface area contributed by atoms with E-state index in [1.807, 2.05) is 6.08 Å². The van der Waals surface area contributed by atoms with E-state index in [1.54, 1.807) is 6.08 Å². The minimum atomic E-state index is -1.79. The lowest BCUT2D eigenvalue weighted by Gasteiger charge is -2.46. The van der Waals surface area contributed by atoms with Crippen LogP contribution in [0, 0.1) is 0 Å². The molecule has 86 heavy (non-hydrogen) atoms. The molecule has 12 unspecified atom stereocenters. The number of nitrogens with one attached hydrogen (secondary N) is 1. The molecule has 0 spiro atoms. The van der Waals surface area contributed by atoms with Gasteiger partial charge in [0, 0.05) is 6.42 Å². The van der Waals surface area contributed by atoms with E-state index in [1.165, 1.54) is 154 Å². The number of aliphatic hydroxyl groups is 8. The van der Waals surface area contributed by atoms with Crippen molar-refractivity contribution in [3.63, 3.8) is 0 Å². The Morgan fingerprint density at radius 1 is 0.430 bits per heavy atom. The van der Waals surface area contributed by atoms with E-state index < -0.39 is 86.8 Å². The Bertz CT molecular complexity index is 1810. The van der Waals surface area contributed by atoms with Crippen molar-refractivity contribution in [2.24, 2.45) is 0 Å². The summed E-state index contributed by atoms with van der Waals surface area (Å²) in [5.74, 6) is -0.250. The van der Waals surface area contributed by atoms with Gasteiger partial charge in [-0.25, -0.2) is 0 Å². The van der Waals surface area contributed by atoms with Crippen molar-refractivity contribution in [1.82, 2.24) is 5.32 Å². The van der Waals surface area contributed by atoms with Gasteiger partial charge in [0.25, 0.3) is 0 Å². The summed E-state index contributed by atoms with van der Waals surface area (Å²) < 4.78 is 22.8. The van der Waals surface area contributed by atoms with Gasteiger partial charge in [-0.05, 0) is 83.5 Å². The molecule has 1 amide bonds. The molecule has 9 N–H and O–H groups in total. The van der Waals surface area contributed by atoms with Crippen molar-refractivity contribution in [3.8, 4) is 0 Å². The van der Waals surface area contributed by atoms with Gasteiger partial charge in [0.1, 0.15) is 48.8 Å². The van der Waals surface area contributed by atoms with Gasteiger partial charge in [0.2, 0.25) is 5.91 Å². The number of allylic oxidation sites excluding steroid dienone is 15. The van der Waals surface area contributed by atoms with Crippen LogP contribution >= 0.6 is 0 Å². The first kappa shape index (κ1) is 79.0. The smallest absolute Gasteiger partial charge is 0.220 e. The molecule has 2 heterocycles. The van der Waals surface area contributed by atoms with Crippen LogP contribution < -0.4 is 5.32 Å². The molecule has 0 radical (unpaired) electrons. The van der Waals surface area contributed by atoms with Crippen LogP contribution in [0.5, 0.6) is 0 Å². The molecule has 2 fully saturated rings. The van der Waals surface area contributed by atoms with Crippen molar-refractivity contribution in [1.29, 1.82) is 0 Å². The molecule has 0 aliphatic carbocycles. The Hall–Kier alpha value is -3.09. The molecule has 2 saturated heterocycles. The number of hydrogen-bond donors (Lipinski definition) is 9. The van der Waals surface area contributed by atoms with E-state index in [9.17, 15) is 45.6 Å². The molecule has 0 aromatic rings. The fraction of sp³-hybridized carbons (Fsp3) is 0.764. The van der Waals surface area contributed by atoms with Gasteiger partial charge in [-0.15, -0.1) is 0 Å². The van der Waals surface area contributed by atoms with E-state index in [-0.39, 0.29) is 18.9 Å². The summed E-state index contributed by atoms with van der Waals surface area (Å²) in [5, 5.41) is 87.2. The maximum Gasteiger partial charge on any atom is 0.220 e. The van der Waals surface area contributed by atoms with Gasteiger partial charge in [-0.2, -0.15) is 0 Å². The monoisotopic (exact) mass is 1210 g/mol. The van der Waals surface area contributed by atoms with Gasteiger partial charge in [-0.3, -0.25) is 4.79 Å². The summed E-state index contributed by atoms with van der Waals surface area (Å²) in [4.78, 5) is 13.3. The predicted molar refractivity (Wildman–Crippen MR) is 350 cm³/mol. The van der Waals surface area contributed by atoms with E-state index in [0.717, 1.165) is 70.6 Å². The summed E-state index contributed by atoms with van der Waals surface area (Å²) >= 11 is 0. The van der Waals surface area contributed by atoms with Crippen LogP contribution in [0.4, 0.5) is 0 Å². The summed E-state index contributed by atoms with van der Waals surface area (Å²) in [6.07, 6.45) is 61.9. The third kappa shape index (κ3) is 39.8. The van der Waals surface area contributed by atoms with Crippen LogP contribution in [0.2, 0.25) is 0 Å². The second kappa shape index (κ2) is 55.9. The van der Waals surface area contributed by atoms with E-state index in [4.69, 9.17) is 18.9 Å². The highest BCUT2D eigenvalue weighted by molar-refractivity contribution is 5.76. The van der Waals surface area contributed by atoms with Crippen molar-refractivity contribution < 1.29 is 64.6 Å². The number of ether oxygens (including phenoxy) is 4. The Balaban J connectivity index is 1.61. The molecular formula is C72H125NO13. The molecule has 0 bridgehead atoms. The number of aliphatic hydroxyl groups excluding tert-OH is 8. The highest BCUT2D eigenvalue weighted by Gasteiger charge is 2.51. The number of carbonyl (C=O) groups is 1. The van der Waals surface area contributed by atoms with Crippen molar-refractivity contribution >= 4 is 5.91 Å². The molecular weight excluding hydrogens is 1090 g/mol. The van der Waals surface area contributed by atoms with Crippen molar-refractivity contribution in [2.75, 3.05) is 19.8 Å². The molecule has 0 aromatic heterocycles. The van der Waals surface area contributed by atoms with E-state index >= 15 is 0 Å². The number of unbranched alkanes of at least 4 members (excludes halogenated alkanes) is 28. The Morgan fingerprint density at radius 2 is 0.814 bits per heavy atom. The molecule has 14 heteroatoms. The van der Waals surface area contributed by atoms with Crippen LogP contribution in [0.15, 0.2) is 97.2 Å². The fourth-order valence-corrected chi connectivity index (χ4v) is 10.8. The largest absolute Gasteiger partial charge is 0.394 e. The molecule has 0 aromatic carbocycles. The van der Waals surface area contributed by atoms with Crippen molar-refractivity contribution in [2.45, 2.75) is 331 Å². The molecule has 2 aliphatic rings. The fourth-order valence-electron chi connectivity index (χ4n) is 10.8. The van der Waals surface area contributed by atoms with Gasteiger partial charge in [0.15, 0.2) is 12.6 Å². The number of carbonyl (C=O) groups excluding carboxylic acids is 1. The quantitative estimate of drug-likeness (QED) is 0.0204. The van der Waals surface area contributed by atoms with Crippen LogP contribution in [0.25, 0.3) is 0 Å². The van der Waals surface area contributed by atoms with E-state index in [0.29, 0.717) is 12.8 Å². The lowest BCUT2D eigenvalue weighted by molar-refractivity contribution is -0.359. The number of hydrogen-bond acceptors (Lipinski definition) is 13. The minimum Gasteiger partial charge on any atom is -0.394 e. The van der Waals surface area contributed by atoms with E-state index in [2.05, 4.69) is 104 Å². The topological polar surface area (TPSA) is 228 Å². The van der Waals surface area contributed by atoms with Gasteiger partial charge < -0.3 is 65.1 Å². The van der Waals surface area contributed by atoms with Gasteiger partial charge in [-0.1, -0.05) is 265 Å². The van der Waals surface area contributed by atoms with Gasteiger partial charge >= 0.3 is 0 Å². The molecule has 0 saturated carbocycles. The number of rotatable bonds is 55. The zero-order chi connectivity index (χ0) is 62.3. The van der Waals surface area contributed by atoms with Crippen LogP contribution in [0.3, 0.4) is 0 Å². The zero-order valence-corrected chi connectivity index (χ0v) is 53.8. The third-order valence-corrected chi connectivity index (χ3v) is 16.3. The maximum absolute atomic E-state index is 13.3. The lowest BCUT2D eigenvalue weighted by atomic mass is 9.97. The predicted octanol–water partition coefficient (Wildman–Crippen LogP) is 13.8. The number of amides is 1. The summed E-state index contributed by atoms with van der Waals surface area (Å²) in [5.41, 5.74) is 0. The lowest BCUT2D eigenvalue weighted by Crippen LogP contribution is -2.65. The first-order valence-electron chi connectivity index (χ1n) is 34.5. The molecule has 496 valence electrons. The average Bonchev–Trinajstić information content (AvgIpc) is 1.83. The minimum absolute atomic E-state index is 0.250. The average molecular weight is 1210 g/mol. The first-order chi connectivity index (χ1) is 42.1. The molecule has 14 nitrogen and oxygen atoms in total. The summed E-state index contributed by atoms with van der Waals surface area (Å²) in [7, 11) is 0. The SMILES string of the molecule is CC/C=C\C/C=C\C/C=C\C/C=C\C/C=C\C/C=C\CCCCCCCCCCCCCCCCCCCCC(=O)NC(COC1OC(CO)C(OC2OC(CO)C(O)C(O)C2O)C(O)C1O)C(O)/C=C/CC/C=C/CCCCCCCCCCC. The Labute approximate surface area is 522 Å². The van der Waals surface area contributed by atoms with Crippen LogP contribution in [0.1, 0.15) is 258 Å². The highest BCUT2D eigenvalue weighted by atomic mass is 16.7. The normalized spacial score (nSPS) is 24.0. The first-order valence-corrected chi connectivity index (χ1v) is 34.5. The molecule has 12 atom stereocenters. The van der Waals surface area contributed by atoms with Crippen molar-refractivity contribution in [3.05, 3.63) is 97.2 Å². The van der Waals surface area contributed by atoms with Crippen LogP contribution in [-0.2, 0) is 23.7 Å². The Kier molecular flexibility index (Phi) is 51.4. The highest BCUT2D eigenvalue weighted by Crippen LogP contribution is 2.30. The summed E-state index contributed by atoms with van der Waals surface area (Å²) in [6, 6.07) is -0.935. The summed E-state index contributed by atoms with van der Waals surface area (Å²) in [6.45, 7) is 2.67. The third-order valence-electron chi connectivity index (χ3n) is 16.3. The molecule has 2 rings (SSSR count). The molecule has 2 aliphatic heterocycles. The second-order valence-corrected chi connectivity index (χ2v) is 23.9. The van der Waals surface area contributed by atoms with Crippen LogP contribution in [-0.4, -0.2) is 140 Å².